The van der Waals surface area contributed by atoms with Gasteiger partial charge in [-0.05, 0) is 38.0 Å². The lowest BCUT2D eigenvalue weighted by Crippen LogP contribution is -2.17. The molecule has 3 aromatic rings. The van der Waals surface area contributed by atoms with Gasteiger partial charge in [-0.15, -0.1) is 11.3 Å². The molecule has 7 nitrogen and oxygen atoms in total. The molecule has 0 aliphatic carbocycles. The fourth-order valence-electron chi connectivity index (χ4n) is 2.81. The van der Waals surface area contributed by atoms with Gasteiger partial charge in [0.15, 0.2) is 5.69 Å². The number of thiophene rings is 1. The van der Waals surface area contributed by atoms with Crippen LogP contribution in [0, 0.1) is 6.92 Å². The lowest BCUT2D eigenvalue weighted by Gasteiger charge is -2.14. The minimum atomic E-state index is -0.598. The molecule has 3 heterocycles. The molecule has 0 aliphatic heterocycles. The number of pyridine rings is 1. The predicted octanol–water partition coefficient (Wildman–Crippen LogP) is 2.59. The second-order valence-corrected chi connectivity index (χ2v) is 7.50. The molecule has 0 spiro atoms. The Bertz CT molecular complexity index is 940. The number of carbonyl (C=O) groups is 1. The van der Waals surface area contributed by atoms with Crippen LogP contribution in [-0.4, -0.2) is 32.1 Å². The molecule has 26 heavy (non-hydrogen) atoms. The summed E-state index contributed by atoms with van der Waals surface area (Å²) in [5.41, 5.74) is 8.29. The monoisotopic (exact) mass is 371 g/mol. The third kappa shape index (κ3) is 3.66. The van der Waals surface area contributed by atoms with Crippen LogP contribution in [0.3, 0.4) is 0 Å². The maximum absolute atomic E-state index is 11.9. The van der Waals surface area contributed by atoms with E-state index < -0.39 is 12.0 Å². The van der Waals surface area contributed by atoms with Gasteiger partial charge in [-0.2, -0.15) is 0 Å². The van der Waals surface area contributed by atoms with Crippen LogP contribution in [-0.2, 0) is 6.42 Å². The zero-order chi connectivity index (χ0) is 18.8. The van der Waals surface area contributed by atoms with Gasteiger partial charge in [0.05, 0.1) is 22.4 Å². The number of aryl methyl sites for hydroxylation is 1. The number of carbonyl (C=O) groups excluding carboxylic acids is 1. The summed E-state index contributed by atoms with van der Waals surface area (Å²) in [7, 11) is 0. The van der Waals surface area contributed by atoms with Crippen molar-refractivity contribution in [3.63, 3.8) is 0 Å². The van der Waals surface area contributed by atoms with Crippen molar-refractivity contribution in [3.05, 3.63) is 46.2 Å². The quantitative estimate of drug-likeness (QED) is 0.614. The number of aliphatic hydroxyl groups is 1. The van der Waals surface area contributed by atoms with E-state index in [9.17, 15) is 9.90 Å². The van der Waals surface area contributed by atoms with E-state index in [-0.39, 0.29) is 11.7 Å². The van der Waals surface area contributed by atoms with Crippen LogP contribution in [0.4, 0.5) is 5.95 Å². The molecular formula is C18H21N5O2S. The van der Waals surface area contributed by atoms with Gasteiger partial charge in [0.2, 0.25) is 5.95 Å². The Labute approximate surface area is 155 Å². The van der Waals surface area contributed by atoms with Gasteiger partial charge >= 0.3 is 0 Å². The van der Waals surface area contributed by atoms with Gasteiger partial charge in [-0.1, -0.05) is 6.07 Å². The van der Waals surface area contributed by atoms with Crippen LogP contribution in [0.2, 0.25) is 0 Å². The van der Waals surface area contributed by atoms with Crippen LogP contribution < -0.4 is 11.1 Å². The summed E-state index contributed by atoms with van der Waals surface area (Å²) >= 11 is 1.42. The first-order valence-corrected chi connectivity index (χ1v) is 9.12. The molecule has 136 valence electrons. The first kappa shape index (κ1) is 18.2. The SMILES string of the molecule is Cc1sc2c(C(N)=O)nc(N[C@@H](C)c3cccnc3)nc2c1C[C@@H](C)O. The van der Waals surface area contributed by atoms with Crippen molar-refractivity contribution in [3.8, 4) is 0 Å². The highest BCUT2D eigenvalue weighted by atomic mass is 32.1. The number of hydrogen-bond acceptors (Lipinski definition) is 7. The number of amides is 1. The fourth-order valence-corrected chi connectivity index (χ4v) is 3.93. The molecule has 0 saturated heterocycles. The predicted molar refractivity (Wildman–Crippen MR) is 102 cm³/mol. The highest BCUT2D eigenvalue weighted by molar-refractivity contribution is 7.19. The topological polar surface area (TPSA) is 114 Å². The zero-order valence-corrected chi connectivity index (χ0v) is 15.7. The van der Waals surface area contributed by atoms with Gasteiger partial charge in [0.1, 0.15) is 0 Å². The Balaban J connectivity index is 2.07. The molecule has 0 radical (unpaired) electrons. The molecule has 4 N–H and O–H groups in total. The summed E-state index contributed by atoms with van der Waals surface area (Å²) in [4.78, 5) is 26.0. The first-order chi connectivity index (χ1) is 12.4. The second kappa shape index (κ2) is 7.35. The summed E-state index contributed by atoms with van der Waals surface area (Å²) in [6, 6.07) is 3.71. The Morgan fingerprint density at radius 2 is 2.15 bits per heavy atom. The van der Waals surface area contributed by atoms with Gasteiger partial charge in [-0.25, -0.2) is 9.97 Å². The summed E-state index contributed by atoms with van der Waals surface area (Å²) in [6.07, 6.45) is 3.42. The average Bonchev–Trinajstić information content (AvgIpc) is 2.90. The molecule has 0 aliphatic rings. The number of hydrogen-bond donors (Lipinski definition) is 3. The summed E-state index contributed by atoms with van der Waals surface area (Å²) < 4.78 is 0.658. The molecule has 0 unspecified atom stereocenters. The number of primary amides is 1. The smallest absolute Gasteiger partial charge is 0.269 e. The molecule has 0 fully saturated rings. The lowest BCUT2D eigenvalue weighted by molar-refractivity contribution is 0.0997. The largest absolute Gasteiger partial charge is 0.393 e. The lowest BCUT2D eigenvalue weighted by atomic mass is 10.1. The highest BCUT2D eigenvalue weighted by Crippen LogP contribution is 2.33. The molecule has 1 amide bonds. The number of nitrogens with zero attached hydrogens (tertiary/aromatic N) is 3. The Kier molecular flexibility index (Phi) is 5.15. The zero-order valence-electron chi connectivity index (χ0n) is 14.9. The van der Waals surface area contributed by atoms with Crippen molar-refractivity contribution in [2.24, 2.45) is 5.73 Å². The molecule has 8 heteroatoms. The van der Waals surface area contributed by atoms with Gasteiger partial charge in [0.25, 0.3) is 5.91 Å². The van der Waals surface area contributed by atoms with Crippen LogP contribution in [0.5, 0.6) is 0 Å². The van der Waals surface area contributed by atoms with Crippen molar-refractivity contribution in [1.29, 1.82) is 0 Å². The molecule has 0 saturated carbocycles. The molecule has 2 atom stereocenters. The van der Waals surface area contributed by atoms with E-state index >= 15 is 0 Å². The van der Waals surface area contributed by atoms with E-state index in [4.69, 9.17) is 5.73 Å². The summed E-state index contributed by atoms with van der Waals surface area (Å²) in [5.74, 6) is -0.272. The third-order valence-electron chi connectivity index (χ3n) is 4.09. The fraction of sp³-hybridized carbons (Fsp3) is 0.333. The van der Waals surface area contributed by atoms with Gasteiger partial charge < -0.3 is 16.2 Å². The maximum atomic E-state index is 11.9. The van der Waals surface area contributed by atoms with Crippen LogP contribution in [0.15, 0.2) is 24.5 Å². The van der Waals surface area contributed by atoms with Gasteiger partial charge in [0, 0.05) is 23.7 Å². The van der Waals surface area contributed by atoms with Crippen molar-refractivity contribution in [2.45, 2.75) is 39.3 Å². The second-order valence-electron chi connectivity index (χ2n) is 6.28. The summed E-state index contributed by atoms with van der Waals surface area (Å²) in [6.45, 7) is 5.63. The van der Waals surface area contributed by atoms with E-state index in [0.717, 1.165) is 16.0 Å². The van der Waals surface area contributed by atoms with Crippen molar-refractivity contribution < 1.29 is 9.90 Å². The van der Waals surface area contributed by atoms with E-state index in [2.05, 4.69) is 20.3 Å². The Morgan fingerprint density at radius 1 is 1.38 bits per heavy atom. The standard InChI is InChI=1S/C18H21N5O2S/c1-9(24)7-13-11(3)26-16-14(13)22-18(23-15(16)17(19)25)21-10(2)12-5-4-6-20-8-12/h4-6,8-10,24H,7H2,1-3H3,(H2,19,25)(H,21,22,23)/t9-,10+/m1/s1. The van der Waals surface area contributed by atoms with Crippen molar-refractivity contribution in [2.75, 3.05) is 5.32 Å². The number of fused-ring (bicyclic) bond motifs is 1. The van der Waals surface area contributed by atoms with Gasteiger partial charge in [-0.3, -0.25) is 9.78 Å². The van der Waals surface area contributed by atoms with Crippen LogP contribution >= 0.6 is 11.3 Å². The minimum absolute atomic E-state index is 0.0955. The first-order valence-electron chi connectivity index (χ1n) is 8.31. The summed E-state index contributed by atoms with van der Waals surface area (Å²) in [5, 5.41) is 13.0. The molecular weight excluding hydrogens is 350 g/mol. The Morgan fingerprint density at radius 3 is 2.77 bits per heavy atom. The number of anilines is 1. The van der Waals surface area contributed by atoms with E-state index in [1.54, 1.807) is 19.3 Å². The van der Waals surface area contributed by atoms with Crippen LogP contribution in [0.1, 0.15) is 46.4 Å². The normalized spacial score (nSPS) is 13.5. The van der Waals surface area contributed by atoms with E-state index in [1.165, 1.54) is 11.3 Å². The van der Waals surface area contributed by atoms with E-state index in [0.29, 0.717) is 22.6 Å². The molecule has 0 aromatic carbocycles. The molecule has 3 rings (SSSR count). The highest BCUT2D eigenvalue weighted by Gasteiger charge is 2.21. The number of rotatable bonds is 6. The molecule has 0 bridgehead atoms. The number of aliphatic hydroxyl groups excluding tert-OH is 1. The third-order valence-corrected chi connectivity index (χ3v) is 5.24. The Hall–Kier alpha value is -2.58. The van der Waals surface area contributed by atoms with Crippen molar-refractivity contribution in [1.82, 2.24) is 15.0 Å². The number of nitrogens with one attached hydrogen (secondary N) is 1. The van der Waals surface area contributed by atoms with E-state index in [1.807, 2.05) is 26.0 Å². The van der Waals surface area contributed by atoms with Crippen LogP contribution in [0.25, 0.3) is 10.2 Å². The molecule has 3 aromatic heterocycles. The number of nitrogens with two attached hydrogens (primary N) is 1. The average molecular weight is 371 g/mol. The maximum Gasteiger partial charge on any atom is 0.269 e. The minimum Gasteiger partial charge on any atom is -0.393 e. The number of aromatic nitrogens is 3. The van der Waals surface area contributed by atoms with Crippen molar-refractivity contribution >= 4 is 33.4 Å².